The van der Waals surface area contributed by atoms with Crippen molar-refractivity contribution in [1.29, 1.82) is 0 Å². The molecule has 1 fully saturated rings. The third-order valence-corrected chi connectivity index (χ3v) is 5.31. The van der Waals surface area contributed by atoms with Crippen molar-refractivity contribution in [2.75, 3.05) is 26.2 Å². The van der Waals surface area contributed by atoms with Gasteiger partial charge in [0.15, 0.2) is 0 Å². The van der Waals surface area contributed by atoms with Crippen LogP contribution in [0.15, 0.2) is 54.6 Å². The summed E-state index contributed by atoms with van der Waals surface area (Å²) in [6, 6.07) is 19.0. The normalized spacial score (nSPS) is 16.5. The van der Waals surface area contributed by atoms with E-state index in [9.17, 15) is 0 Å². The Hall–Kier alpha value is -1.80. The number of likely N-dealkylation sites (tertiary alicyclic amines) is 1. The van der Waals surface area contributed by atoms with Crippen LogP contribution in [0.1, 0.15) is 39.0 Å². The monoisotopic (exact) mass is 337 g/mol. The van der Waals surface area contributed by atoms with Crippen LogP contribution >= 0.6 is 0 Å². The average molecular weight is 338 g/mol. The molecule has 0 radical (unpaired) electrons. The van der Waals surface area contributed by atoms with Crippen molar-refractivity contribution in [3.8, 4) is 16.9 Å². The van der Waals surface area contributed by atoms with Crippen molar-refractivity contribution in [3.63, 3.8) is 0 Å². The summed E-state index contributed by atoms with van der Waals surface area (Å²) in [6.45, 7) is 6.91. The maximum atomic E-state index is 6.14. The first kappa shape index (κ1) is 18.0. The van der Waals surface area contributed by atoms with Crippen LogP contribution in [-0.2, 0) is 0 Å². The third kappa shape index (κ3) is 5.61. The summed E-state index contributed by atoms with van der Waals surface area (Å²) in [7, 11) is 0. The first-order valence-electron chi connectivity index (χ1n) is 9.86. The van der Waals surface area contributed by atoms with Gasteiger partial charge < -0.3 is 9.64 Å². The standard InChI is InChI=1S/C23H31NO/c1-2-20(14-17-24-15-7-4-8-16-24)19-25-23-13-9-12-22(18-23)21-10-5-3-6-11-21/h3,5-6,9-13,18,20H,2,4,7-8,14-17,19H2,1H3. The Morgan fingerprint density at radius 1 is 0.920 bits per heavy atom. The summed E-state index contributed by atoms with van der Waals surface area (Å²) >= 11 is 0. The summed E-state index contributed by atoms with van der Waals surface area (Å²) in [6.07, 6.45) is 6.59. The minimum Gasteiger partial charge on any atom is -0.493 e. The molecule has 0 aliphatic carbocycles. The second-order valence-corrected chi connectivity index (χ2v) is 7.17. The van der Waals surface area contributed by atoms with Gasteiger partial charge in [-0.2, -0.15) is 0 Å². The molecule has 1 aliphatic heterocycles. The molecule has 0 N–H and O–H groups in total. The highest BCUT2D eigenvalue weighted by molar-refractivity contribution is 5.64. The average Bonchev–Trinajstić information content (AvgIpc) is 2.70. The Kier molecular flexibility index (Phi) is 6.93. The molecule has 0 spiro atoms. The fourth-order valence-electron chi connectivity index (χ4n) is 3.56. The van der Waals surface area contributed by atoms with Gasteiger partial charge in [0.2, 0.25) is 0 Å². The quantitative estimate of drug-likeness (QED) is 0.618. The Labute approximate surface area is 152 Å². The molecule has 1 unspecified atom stereocenters. The number of hydrogen-bond acceptors (Lipinski definition) is 2. The van der Waals surface area contributed by atoms with E-state index in [1.165, 1.54) is 62.9 Å². The van der Waals surface area contributed by atoms with Crippen LogP contribution in [0.5, 0.6) is 5.75 Å². The van der Waals surface area contributed by atoms with E-state index in [-0.39, 0.29) is 0 Å². The Balaban J connectivity index is 1.51. The van der Waals surface area contributed by atoms with Gasteiger partial charge in [-0.05, 0) is 68.1 Å². The Morgan fingerprint density at radius 3 is 2.44 bits per heavy atom. The molecular weight excluding hydrogens is 306 g/mol. The predicted molar refractivity (Wildman–Crippen MR) is 106 cm³/mol. The first-order chi connectivity index (χ1) is 12.3. The molecule has 2 aromatic rings. The van der Waals surface area contributed by atoms with Crippen LogP contribution in [0.25, 0.3) is 11.1 Å². The molecule has 3 rings (SSSR count). The van der Waals surface area contributed by atoms with Gasteiger partial charge in [0, 0.05) is 0 Å². The Bertz CT molecular complexity index is 619. The van der Waals surface area contributed by atoms with Crippen molar-refractivity contribution in [2.24, 2.45) is 5.92 Å². The largest absolute Gasteiger partial charge is 0.493 e. The lowest BCUT2D eigenvalue weighted by Crippen LogP contribution is -2.32. The number of benzene rings is 2. The van der Waals surface area contributed by atoms with Crippen LogP contribution in [0.4, 0.5) is 0 Å². The van der Waals surface area contributed by atoms with E-state index in [1.54, 1.807) is 0 Å². The van der Waals surface area contributed by atoms with E-state index < -0.39 is 0 Å². The van der Waals surface area contributed by atoms with E-state index in [0.29, 0.717) is 5.92 Å². The second kappa shape index (κ2) is 9.62. The van der Waals surface area contributed by atoms with Crippen LogP contribution in [0.3, 0.4) is 0 Å². The maximum Gasteiger partial charge on any atom is 0.119 e. The lowest BCUT2D eigenvalue weighted by atomic mass is 10.0. The van der Waals surface area contributed by atoms with Gasteiger partial charge >= 0.3 is 0 Å². The molecule has 0 saturated carbocycles. The molecule has 1 saturated heterocycles. The van der Waals surface area contributed by atoms with E-state index in [1.807, 2.05) is 0 Å². The summed E-state index contributed by atoms with van der Waals surface area (Å²) in [4.78, 5) is 2.63. The highest BCUT2D eigenvalue weighted by Gasteiger charge is 2.13. The number of hydrogen-bond donors (Lipinski definition) is 0. The molecule has 0 amide bonds. The minimum atomic E-state index is 0.641. The summed E-state index contributed by atoms with van der Waals surface area (Å²) < 4.78 is 6.14. The highest BCUT2D eigenvalue weighted by Crippen LogP contribution is 2.24. The molecule has 0 bridgehead atoms. The van der Waals surface area contributed by atoms with E-state index in [4.69, 9.17) is 4.74 Å². The van der Waals surface area contributed by atoms with Gasteiger partial charge in [0.1, 0.15) is 5.75 Å². The van der Waals surface area contributed by atoms with Gasteiger partial charge in [0.25, 0.3) is 0 Å². The first-order valence-corrected chi connectivity index (χ1v) is 9.86. The molecule has 1 heterocycles. The highest BCUT2D eigenvalue weighted by atomic mass is 16.5. The second-order valence-electron chi connectivity index (χ2n) is 7.17. The zero-order chi connectivity index (χ0) is 17.3. The van der Waals surface area contributed by atoms with Crippen LogP contribution in [-0.4, -0.2) is 31.1 Å². The molecule has 2 heteroatoms. The van der Waals surface area contributed by atoms with E-state index >= 15 is 0 Å². The van der Waals surface area contributed by atoms with Crippen molar-refractivity contribution in [1.82, 2.24) is 4.90 Å². The topological polar surface area (TPSA) is 12.5 Å². The van der Waals surface area contributed by atoms with Gasteiger partial charge in [-0.25, -0.2) is 0 Å². The molecule has 1 aliphatic rings. The maximum absolute atomic E-state index is 6.14. The summed E-state index contributed by atoms with van der Waals surface area (Å²) in [5, 5.41) is 0. The predicted octanol–water partition coefficient (Wildman–Crippen LogP) is 5.63. The van der Waals surface area contributed by atoms with Crippen molar-refractivity contribution in [3.05, 3.63) is 54.6 Å². The molecule has 2 aromatic carbocycles. The van der Waals surface area contributed by atoms with E-state index in [0.717, 1.165) is 12.4 Å². The SMILES string of the molecule is CCC(CCN1CCCCC1)COc1cccc(-c2ccccc2)c1. The molecule has 1 atom stereocenters. The van der Waals surface area contributed by atoms with Crippen LogP contribution in [0.2, 0.25) is 0 Å². The molecule has 134 valence electrons. The molecule has 2 nitrogen and oxygen atoms in total. The van der Waals surface area contributed by atoms with Gasteiger partial charge in [-0.15, -0.1) is 0 Å². The van der Waals surface area contributed by atoms with Gasteiger partial charge in [-0.3, -0.25) is 0 Å². The zero-order valence-corrected chi connectivity index (χ0v) is 15.5. The number of ether oxygens (including phenoxy) is 1. The summed E-state index contributed by atoms with van der Waals surface area (Å²) in [5.41, 5.74) is 2.46. The number of nitrogens with zero attached hydrogens (tertiary/aromatic N) is 1. The number of rotatable bonds is 8. The van der Waals surface area contributed by atoms with Crippen LogP contribution < -0.4 is 4.74 Å². The van der Waals surface area contributed by atoms with Crippen LogP contribution in [0, 0.1) is 5.92 Å². The minimum absolute atomic E-state index is 0.641. The molecule has 0 aromatic heterocycles. The Morgan fingerprint density at radius 2 is 1.68 bits per heavy atom. The van der Waals surface area contributed by atoms with Gasteiger partial charge in [-0.1, -0.05) is 62.2 Å². The zero-order valence-electron chi connectivity index (χ0n) is 15.5. The number of piperidine rings is 1. The van der Waals surface area contributed by atoms with Gasteiger partial charge in [0.05, 0.1) is 6.61 Å². The lowest BCUT2D eigenvalue weighted by Gasteiger charge is -2.28. The molecule has 25 heavy (non-hydrogen) atoms. The summed E-state index contributed by atoms with van der Waals surface area (Å²) in [5.74, 6) is 1.63. The van der Waals surface area contributed by atoms with E-state index in [2.05, 4.69) is 66.4 Å². The third-order valence-electron chi connectivity index (χ3n) is 5.31. The fourth-order valence-corrected chi connectivity index (χ4v) is 3.56. The fraction of sp³-hybridized carbons (Fsp3) is 0.478. The van der Waals surface area contributed by atoms with Crippen molar-refractivity contribution in [2.45, 2.75) is 39.0 Å². The molecular formula is C23H31NO. The van der Waals surface area contributed by atoms with Crippen molar-refractivity contribution >= 4 is 0 Å². The lowest BCUT2D eigenvalue weighted by molar-refractivity contribution is 0.183. The van der Waals surface area contributed by atoms with Crippen molar-refractivity contribution < 1.29 is 4.74 Å². The smallest absolute Gasteiger partial charge is 0.119 e.